The Morgan fingerprint density at radius 1 is 1.19 bits per heavy atom. The minimum absolute atomic E-state index is 0.170. The quantitative estimate of drug-likeness (QED) is 0.587. The van der Waals surface area contributed by atoms with Crippen molar-refractivity contribution >= 4 is 16.7 Å². The SMILES string of the molecule is FC(F)(F)CCc1ncc2c(-c3ccn4ncc(C5CC5)c4n3)c[nH]c2n1. The van der Waals surface area contributed by atoms with Crippen LogP contribution in [0.5, 0.6) is 0 Å². The van der Waals surface area contributed by atoms with E-state index in [1.54, 1.807) is 16.9 Å². The van der Waals surface area contributed by atoms with Crippen LogP contribution < -0.4 is 0 Å². The minimum Gasteiger partial charge on any atom is -0.345 e. The number of nitrogens with one attached hydrogen (secondary N) is 1. The predicted molar refractivity (Wildman–Crippen MR) is 92.2 cm³/mol. The zero-order chi connectivity index (χ0) is 18.6. The number of aromatic nitrogens is 6. The molecule has 4 heterocycles. The number of fused-ring (bicyclic) bond motifs is 2. The van der Waals surface area contributed by atoms with Crippen molar-refractivity contribution in [3.63, 3.8) is 0 Å². The minimum atomic E-state index is -4.22. The van der Waals surface area contributed by atoms with Crippen LogP contribution in [0.25, 0.3) is 27.9 Å². The summed E-state index contributed by atoms with van der Waals surface area (Å²) in [6, 6.07) is 1.86. The summed E-state index contributed by atoms with van der Waals surface area (Å²) >= 11 is 0. The van der Waals surface area contributed by atoms with E-state index < -0.39 is 12.6 Å². The van der Waals surface area contributed by atoms with E-state index in [2.05, 4.69) is 20.1 Å². The molecule has 0 aliphatic heterocycles. The van der Waals surface area contributed by atoms with Crippen LogP contribution in [-0.2, 0) is 6.42 Å². The Balaban J connectivity index is 1.51. The fraction of sp³-hybridized carbons (Fsp3) is 0.333. The molecule has 0 aromatic carbocycles. The first-order valence-corrected chi connectivity index (χ1v) is 8.72. The summed E-state index contributed by atoms with van der Waals surface area (Å²) in [7, 11) is 0. The lowest BCUT2D eigenvalue weighted by Gasteiger charge is -2.05. The predicted octanol–water partition coefficient (Wildman–Crippen LogP) is 4.04. The molecule has 0 bridgehead atoms. The zero-order valence-corrected chi connectivity index (χ0v) is 14.2. The molecule has 6 nitrogen and oxygen atoms in total. The molecule has 9 heteroatoms. The highest BCUT2D eigenvalue weighted by atomic mass is 19.4. The lowest BCUT2D eigenvalue weighted by atomic mass is 10.1. The van der Waals surface area contributed by atoms with Gasteiger partial charge in [-0.25, -0.2) is 19.5 Å². The first-order chi connectivity index (χ1) is 13.0. The molecule has 0 unspecified atom stereocenters. The molecular weight excluding hydrogens is 357 g/mol. The van der Waals surface area contributed by atoms with E-state index >= 15 is 0 Å². The van der Waals surface area contributed by atoms with Crippen molar-refractivity contribution in [2.75, 3.05) is 0 Å². The Labute approximate surface area is 151 Å². The number of hydrogen-bond acceptors (Lipinski definition) is 4. The van der Waals surface area contributed by atoms with Gasteiger partial charge in [0.1, 0.15) is 11.5 Å². The topological polar surface area (TPSA) is 71.8 Å². The Hall–Kier alpha value is -2.97. The van der Waals surface area contributed by atoms with Gasteiger partial charge in [-0.2, -0.15) is 18.3 Å². The van der Waals surface area contributed by atoms with E-state index in [9.17, 15) is 13.2 Å². The highest BCUT2D eigenvalue weighted by Gasteiger charge is 2.28. The molecule has 1 aliphatic carbocycles. The van der Waals surface area contributed by atoms with Crippen LogP contribution in [0.2, 0.25) is 0 Å². The van der Waals surface area contributed by atoms with Crippen LogP contribution in [-0.4, -0.2) is 35.7 Å². The zero-order valence-electron chi connectivity index (χ0n) is 14.2. The Morgan fingerprint density at radius 3 is 2.81 bits per heavy atom. The summed E-state index contributed by atoms with van der Waals surface area (Å²) in [6.45, 7) is 0. The van der Waals surface area contributed by atoms with Gasteiger partial charge in [0.15, 0.2) is 5.65 Å². The molecule has 1 saturated carbocycles. The third-order valence-electron chi connectivity index (χ3n) is 4.80. The number of aryl methyl sites for hydroxylation is 1. The number of rotatable bonds is 4. The van der Waals surface area contributed by atoms with Gasteiger partial charge in [0, 0.05) is 41.5 Å². The molecule has 4 aromatic rings. The Bertz CT molecular complexity index is 1140. The maximum atomic E-state index is 12.4. The van der Waals surface area contributed by atoms with Gasteiger partial charge >= 0.3 is 6.18 Å². The summed E-state index contributed by atoms with van der Waals surface area (Å²) in [5.74, 6) is 0.705. The Morgan fingerprint density at radius 2 is 2.04 bits per heavy atom. The highest BCUT2D eigenvalue weighted by Crippen LogP contribution is 2.41. The number of alkyl halides is 3. The van der Waals surface area contributed by atoms with Crippen molar-refractivity contribution in [3.05, 3.63) is 42.2 Å². The number of H-pyrrole nitrogens is 1. The summed E-state index contributed by atoms with van der Waals surface area (Å²) < 4.78 is 39.0. The number of aromatic amines is 1. The standard InChI is InChI=1S/C18H15F3N6/c19-18(20,21)5-3-15-22-8-13-12(7-23-16(13)26-15)14-4-6-27-17(25-14)11(9-24-27)10-1-2-10/h4,6-10H,1-3,5H2,(H,22,23,26). The molecule has 1 N–H and O–H groups in total. The van der Waals surface area contributed by atoms with Gasteiger partial charge in [-0.15, -0.1) is 0 Å². The molecule has 0 amide bonds. The fourth-order valence-electron chi connectivity index (χ4n) is 3.25. The molecular formula is C18H15F3N6. The van der Waals surface area contributed by atoms with Crippen LogP contribution >= 0.6 is 0 Å². The van der Waals surface area contributed by atoms with E-state index in [1.807, 2.05) is 18.5 Å². The second kappa shape index (κ2) is 5.77. The smallest absolute Gasteiger partial charge is 0.345 e. The Kier molecular flexibility index (Phi) is 3.46. The number of nitrogens with zero attached hydrogens (tertiary/aromatic N) is 5. The maximum absolute atomic E-state index is 12.4. The normalized spacial score (nSPS) is 15.1. The van der Waals surface area contributed by atoms with Crippen molar-refractivity contribution in [1.82, 2.24) is 29.5 Å². The highest BCUT2D eigenvalue weighted by molar-refractivity contribution is 5.92. The summed E-state index contributed by atoms with van der Waals surface area (Å²) in [4.78, 5) is 16.1. The van der Waals surface area contributed by atoms with Crippen molar-refractivity contribution < 1.29 is 13.2 Å². The third kappa shape index (κ3) is 3.02. The molecule has 0 radical (unpaired) electrons. The second-order valence-corrected chi connectivity index (χ2v) is 6.82. The van der Waals surface area contributed by atoms with Crippen molar-refractivity contribution in [3.8, 4) is 11.3 Å². The van der Waals surface area contributed by atoms with Crippen LogP contribution in [0.3, 0.4) is 0 Å². The lowest BCUT2D eigenvalue weighted by molar-refractivity contribution is -0.134. The molecule has 0 atom stereocenters. The summed E-state index contributed by atoms with van der Waals surface area (Å²) in [6.07, 6.45) is 3.99. The molecule has 27 heavy (non-hydrogen) atoms. The number of halogens is 3. The van der Waals surface area contributed by atoms with E-state index in [0.717, 1.165) is 40.7 Å². The largest absolute Gasteiger partial charge is 0.389 e. The summed E-state index contributed by atoms with van der Waals surface area (Å²) in [5.41, 5.74) is 4.07. The average molecular weight is 372 g/mol. The van der Waals surface area contributed by atoms with Crippen LogP contribution in [0, 0.1) is 0 Å². The van der Waals surface area contributed by atoms with Gasteiger partial charge < -0.3 is 4.98 Å². The molecule has 4 aromatic heterocycles. The first-order valence-electron chi connectivity index (χ1n) is 8.72. The van der Waals surface area contributed by atoms with Crippen molar-refractivity contribution in [1.29, 1.82) is 0 Å². The van der Waals surface area contributed by atoms with Gasteiger partial charge in [0.2, 0.25) is 0 Å². The molecule has 1 fully saturated rings. The van der Waals surface area contributed by atoms with Crippen LogP contribution in [0.1, 0.15) is 36.6 Å². The van der Waals surface area contributed by atoms with E-state index in [-0.39, 0.29) is 12.2 Å². The second-order valence-electron chi connectivity index (χ2n) is 6.82. The van der Waals surface area contributed by atoms with Gasteiger partial charge in [-0.3, -0.25) is 0 Å². The van der Waals surface area contributed by atoms with Crippen LogP contribution in [0.15, 0.2) is 30.9 Å². The van der Waals surface area contributed by atoms with Gasteiger partial charge in [-0.05, 0) is 24.8 Å². The van der Waals surface area contributed by atoms with Gasteiger partial charge in [-0.1, -0.05) is 0 Å². The molecule has 0 saturated heterocycles. The van der Waals surface area contributed by atoms with Gasteiger partial charge in [0.05, 0.1) is 18.3 Å². The van der Waals surface area contributed by atoms with E-state index in [1.165, 1.54) is 0 Å². The molecule has 138 valence electrons. The van der Waals surface area contributed by atoms with E-state index in [4.69, 9.17) is 4.98 Å². The van der Waals surface area contributed by atoms with Crippen molar-refractivity contribution in [2.24, 2.45) is 0 Å². The number of hydrogen-bond donors (Lipinski definition) is 1. The lowest BCUT2D eigenvalue weighted by Crippen LogP contribution is -2.10. The van der Waals surface area contributed by atoms with E-state index in [0.29, 0.717) is 11.6 Å². The fourth-order valence-corrected chi connectivity index (χ4v) is 3.25. The molecule has 1 aliphatic rings. The third-order valence-corrected chi connectivity index (χ3v) is 4.80. The first kappa shape index (κ1) is 16.2. The summed E-state index contributed by atoms with van der Waals surface area (Å²) in [5, 5.41) is 5.08. The average Bonchev–Trinajstić information content (AvgIpc) is 3.26. The monoisotopic (exact) mass is 372 g/mol. The van der Waals surface area contributed by atoms with Gasteiger partial charge in [0.25, 0.3) is 0 Å². The van der Waals surface area contributed by atoms with Crippen molar-refractivity contribution in [2.45, 2.75) is 37.8 Å². The molecule has 5 rings (SSSR count). The van der Waals surface area contributed by atoms with Crippen LogP contribution in [0.4, 0.5) is 13.2 Å². The maximum Gasteiger partial charge on any atom is 0.389 e. The molecule has 0 spiro atoms.